The van der Waals surface area contributed by atoms with Crippen molar-refractivity contribution in [2.75, 3.05) is 12.3 Å². The van der Waals surface area contributed by atoms with E-state index in [0.29, 0.717) is 17.8 Å². The minimum Gasteiger partial charge on any atom is -0.398 e. The molecule has 0 amide bonds. The van der Waals surface area contributed by atoms with Gasteiger partial charge in [-0.1, -0.05) is 42.5 Å². The van der Waals surface area contributed by atoms with Gasteiger partial charge in [-0.3, -0.25) is 0 Å². The molecule has 4 nitrogen and oxygen atoms in total. The maximum Gasteiger partial charge on any atom is 0.0916 e. The maximum atomic E-state index is 9.30. The van der Waals surface area contributed by atoms with Crippen molar-refractivity contribution in [2.24, 2.45) is 10.2 Å². The monoisotopic (exact) mass is 291 g/mol. The van der Waals surface area contributed by atoms with Gasteiger partial charge >= 0.3 is 0 Å². The molecule has 3 aromatic carbocycles. The van der Waals surface area contributed by atoms with E-state index in [-0.39, 0.29) is 6.61 Å². The average molecular weight is 291 g/mol. The van der Waals surface area contributed by atoms with E-state index in [0.717, 1.165) is 22.0 Å². The van der Waals surface area contributed by atoms with Gasteiger partial charge in [-0.05, 0) is 30.0 Å². The Balaban J connectivity index is 2.11. The minimum atomic E-state index is 0.0242. The van der Waals surface area contributed by atoms with E-state index in [1.807, 2.05) is 60.7 Å². The van der Waals surface area contributed by atoms with Crippen molar-refractivity contribution >= 4 is 27.8 Å². The number of nitrogens with two attached hydrogens (primary N) is 1. The Kier molecular flexibility index (Phi) is 4.12. The molecule has 0 aromatic heterocycles. The quantitative estimate of drug-likeness (QED) is 0.553. The number of nitrogens with zero attached hydrogens (tertiary/aromatic N) is 2. The fraction of sp³-hybridized carbons (Fsp3) is 0.111. The molecule has 3 N–H and O–H groups in total. The van der Waals surface area contributed by atoms with Crippen LogP contribution < -0.4 is 5.73 Å². The van der Waals surface area contributed by atoms with Gasteiger partial charge < -0.3 is 10.8 Å². The van der Waals surface area contributed by atoms with Crippen LogP contribution in [0.2, 0.25) is 0 Å². The summed E-state index contributed by atoms with van der Waals surface area (Å²) >= 11 is 0. The predicted molar refractivity (Wildman–Crippen MR) is 89.8 cm³/mol. The number of hydrogen-bond acceptors (Lipinski definition) is 4. The Morgan fingerprint density at radius 3 is 2.41 bits per heavy atom. The van der Waals surface area contributed by atoms with Crippen LogP contribution in [0, 0.1) is 0 Å². The van der Waals surface area contributed by atoms with E-state index in [2.05, 4.69) is 10.2 Å². The van der Waals surface area contributed by atoms with Gasteiger partial charge in [0.25, 0.3) is 0 Å². The summed E-state index contributed by atoms with van der Waals surface area (Å²) in [6.45, 7) is 0.0242. The third kappa shape index (κ3) is 2.82. The molecule has 0 heterocycles. The van der Waals surface area contributed by atoms with Crippen LogP contribution in [0.5, 0.6) is 0 Å². The number of aliphatic hydroxyl groups is 1. The zero-order chi connectivity index (χ0) is 15.4. The van der Waals surface area contributed by atoms with Gasteiger partial charge in [-0.25, -0.2) is 0 Å². The summed E-state index contributed by atoms with van der Waals surface area (Å²) in [7, 11) is 0. The third-order valence-electron chi connectivity index (χ3n) is 3.57. The lowest BCUT2D eigenvalue weighted by Gasteiger charge is -2.11. The molecule has 22 heavy (non-hydrogen) atoms. The number of rotatable bonds is 4. The summed E-state index contributed by atoms with van der Waals surface area (Å²) < 4.78 is 0. The van der Waals surface area contributed by atoms with Gasteiger partial charge in [-0.15, -0.1) is 0 Å². The first-order valence-electron chi connectivity index (χ1n) is 7.17. The van der Waals surface area contributed by atoms with Crippen LogP contribution in [-0.2, 0) is 6.42 Å². The van der Waals surface area contributed by atoms with Gasteiger partial charge in [-0.2, -0.15) is 10.2 Å². The molecule has 0 atom stereocenters. The fourth-order valence-electron chi connectivity index (χ4n) is 2.47. The number of azo groups is 1. The summed E-state index contributed by atoms with van der Waals surface area (Å²) in [5, 5.41) is 19.9. The van der Waals surface area contributed by atoms with E-state index in [1.54, 1.807) is 0 Å². The molecule has 0 spiro atoms. The number of anilines is 1. The Morgan fingerprint density at radius 2 is 1.64 bits per heavy atom. The highest BCUT2D eigenvalue weighted by atomic mass is 16.2. The normalized spacial score (nSPS) is 11.3. The van der Waals surface area contributed by atoms with Crippen molar-refractivity contribution in [1.29, 1.82) is 0 Å². The molecule has 3 rings (SSSR count). The average Bonchev–Trinajstić information content (AvgIpc) is 2.57. The lowest BCUT2D eigenvalue weighted by molar-refractivity contribution is 0.300. The van der Waals surface area contributed by atoms with Crippen LogP contribution in [0.1, 0.15) is 5.56 Å². The molecule has 0 fully saturated rings. The van der Waals surface area contributed by atoms with Crippen molar-refractivity contribution in [2.45, 2.75) is 6.42 Å². The first-order chi connectivity index (χ1) is 10.8. The van der Waals surface area contributed by atoms with Gasteiger partial charge in [0, 0.05) is 23.2 Å². The Bertz CT molecular complexity index is 813. The van der Waals surface area contributed by atoms with E-state index >= 15 is 0 Å². The van der Waals surface area contributed by atoms with Crippen molar-refractivity contribution < 1.29 is 5.11 Å². The highest BCUT2D eigenvalue weighted by Gasteiger charge is 2.10. The van der Waals surface area contributed by atoms with Crippen LogP contribution in [0.3, 0.4) is 0 Å². The second-order valence-corrected chi connectivity index (χ2v) is 5.02. The fourth-order valence-corrected chi connectivity index (χ4v) is 2.47. The number of aliphatic hydroxyl groups excluding tert-OH is 1. The Hall–Kier alpha value is -2.72. The Morgan fingerprint density at radius 1 is 0.909 bits per heavy atom. The van der Waals surface area contributed by atoms with Crippen LogP contribution in [-0.4, -0.2) is 11.7 Å². The lowest BCUT2D eigenvalue weighted by Crippen LogP contribution is -1.99. The SMILES string of the molecule is Nc1c(CCO)c(N=Nc2ccccc2)cc2ccccc12. The van der Waals surface area contributed by atoms with Crippen molar-refractivity contribution in [3.63, 3.8) is 0 Å². The van der Waals surface area contributed by atoms with Gasteiger partial charge in [0.2, 0.25) is 0 Å². The zero-order valence-corrected chi connectivity index (χ0v) is 12.1. The molecule has 110 valence electrons. The highest BCUT2D eigenvalue weighted by Crippen LogP contribution is 2.34. The van der Waals surface area contributed by atoms with Gasteiger partial charge in [0.1, 0.15) is 0 Å². The Labute approximate surface area is 128 Å². The topological polar surface area (TPSA) is 71.0 Å². The molecule has 0 saturated carbocycles. The summed E-state index contributed by atoms with van der Waals surface area (Å²) in [5.41, 5.74) is 9.24. The molecule has 4 heteroatoms. The first kappa shape index (κ1) is 14.2. The molecule has 3 aromatic rings. The van der Waals surface area contributed by atoms with Crippen molar-refractivity contribution in [1.82, 2.24) is 0 Å². The summed E-state index contributed by atoms with van der Waals surface area (Å²) in [6.07, 6.45) is 0.458. The molecule has 0 aliphatic heterocycles. The molecule has 0 aliphatic rings. The van der Waals surface area contributed by atoms with Crippen molar-refractivity contribution in [3.05, 3.63) is 66.2 Å². The van der Waals surface area contributed by atoms with E-state index in [1.165, 1.54) is 0 Å². The van der Waals surface area contributed by atoms with Crippen LogP contribution in [0.4, 0.5) is 17.1 Å². The lowest BCUT2D eigenvalue weighted by atomic mass is 10.0. The summed E-state index contributed by atoms with van der Waals surface area (Å²) in [5.74, 6) is 0. The van der Waals surface area contributed by atoms with E-state index in [4.69, 9.17) is 5.73 Å². The molecule has 0 saturated heterocycles. The number of fused-ring (bicyclic) bond motifs is 1. The van der Waals surface area contributed by atoms with Gasteiger partial charge in [0.15, 0.2) is 0 Å². The van der Waals surface area contributed by atoms with Crippen molar-refractivity contribution in [3.8, 4) is 0 Å². The second-order valence-electron chi connectivity index (χ2n) is 5.02. The molecular formula is C18H17N3O. The van der Waals surface area contributed by atoms with Crippen LogP contribution >= 0.6 is 0 Å². The number of hydrogen-bond donors (Lipinski definition) is 2. The standard InChI is InChI=1S/C18H17N3O/c19-18-15-9-5-4-6-13(15)12-17(16(18)10-11-22)21-20-14-7-2-1-3-8-14/h1-9,12,22H,10-11,19H2. The van der Waals surface area contributed by atoms with E-state index < -0.39 is 0 Å². The molecule has 0 unspecified atom stereocenters. The molecule has 0 aliphatic carbocycles. The smallest absolute Gasteiger partial charge is 0.0916 e. The highest BCUT2D eigenvalue weighted by molar-refractivity contribution is 5.97. The van der Waals surface area contributed by atoms with Crippen LogP contribution in [0.25, 0.3) is 10.8 Å². The summed E-state index contributed by atoms with van der Waals surface area (Å²) in [6, 6.07) is 19.4. The molecular weight excluding hydrogens is 274 g/mol. The number of benzene rings is 3. The third-order valence-corrected chi connectivity index (χ3v) is 3.57. The largest absolute Gasteiger partial charge is 0.398 e. The van der Waals surface area contributed by atoms with Crippen LogP contribution in [0.15, 0.2) is 70.9 Å². The molecule has 0 bridgehead atoms. The first-order valence-corrected chi connectivity index (χ1v) is 7.17. The van der Waals surface area contributed by atoms with Gasteiger partial charge in [0.05, 0.1) is 11.4 Å². The maximum absolute atomic E-state index is 9.30. The second kappa shape index (κ2) is 6.37. The predicted octanol–water partition coefficient (Wildman–Crippen LogP) is 4.37. The zero-order valence-electron chi connectivity index (χ0n) is 12.1. The molecule has 0 radical (unpaired) electrons. The summed E-state index contributed by atoms with van der Waals surface area (Å²) in [4.78, 5) is 0. The minimum absolute atomic E-state index is 0.0242. The number of nitrogen functional groups attached to an aromatic ring is 1. The van der Waals surface area contributed by atoms with E-state index in [9.17, 15) is 5.11 Å².